The average Bonchev–Trinajstić information content (AvgIpc) is 2.79. The van der Waals surface area contributed by atoms with Gasteiger partial charge in [-0.3, -0.25) is 0 Å². The largest absolute Gasteiger partial charge is 0.478 e. The summed E-state index contributed by atoms with van der Waals surface area (Å²) in [6, 6.07) is 6.35. The third-order valence-electron chi connectivity index (χ3n) is 4.34. The fraction of sp³-hybridized carbons (Fsp3) is 0.333. The Morgan fingerprint density at radius 2 is 1.32 bits per heavy atom. The van der Waals surface area contributed by atoms with E-state index in [0.29, 0.717) is 12.5 Å². The van der Waals surface area contributed by atoms with E-state index in [1.165, 1.54) is 12.1 Å². The molecule has 2 rings (SSSR count). The van der Waals surface area contributed by atoms with Crippen LogP contribution in [0, 0.1) is 11.6 Å². The van der Waals surface area contributed by atoms with Crippen molar-refractivity contribution >= 4 is 23.9 Å². The zero-order valence-electron chi connectivity index (χ0n) is 18.8. The Labute approximate surface area is 195 Å². The summed E-state index contributed by atoms with van der Waals surface area (Å²) in [5.74, 6) is -5.94. The summed E-state index contributed by atoms with van der Waals surface area (Å²) in [4.78, 5) is 44.8. The van der Waals surface area contributed by atoms with Crippen LogP contribution in [0.25, 0.3) is 0 Å². The lowest BCUT2D eigenvalue weighted by molar-refractivity contribution is 0.0447. The number of rotatable bonds is 10. The predicted octanol–water partition coefficient (Wildman–Crippen LogP) is 4.96. The molecule has 0 saturated heterocycles. The molecule has 0 aliphatic carbocycles. The number of unbranched alkanes of at least 4 members (excludes halogenated alkanes) is 2. The van der Waals surface area contributed by atoms with E-state index in [9.17, 15) is 28.0 Å². The minimum atomic E-state index is -1.46. The van der Waals surface area contributed by atoms with E-state index in [4.69, 9.17) is 19.7 Å². The van der Waals surface area contributed by atoms with Crippen LogP contribution >= 0.6 is 0 Å². The average molecular weight is 480 g/mol. The molecule has 184 valence electrons. The van der Waals surface area contributed by atoms with Crippen LogP contribution in [-0.2, 0) is 9.47 Å². The molecule has 0 fully saturated rings. The summed E-state index contributed by atoms with van der Waals surface area (Å²) in [5.41, 5.74) is -1.41. The number of carbonyl (C=O) groups is 4. The van der Waals surface area contributed by atoms with E-state index in [-0.39, 0.29) is 24.3 Å². The molecular weight excluding hydrogens is 454 g/mol. The molecular formula is C24H26F2O8. The van der Waals surface area contributed by atoms with Crippen LogP contribution in [0.2, 0.25) is 0 Å². The zero-order chi connectivity index (χ0) is 25.7. The number of aromatic carboxylic acids is 2. The quantitative estimate of drug-likeness (QED) is 0.361. The highest BCUT2D eigenvalue weighted by atomic mass is 19.1. The molecule has 0 aliphatic heterocycles. The number of esters is 2. The minimum absolute atomic E-state index is 0.0902. The van der Waals surface area contributed by atoms with Crippen LogP contribution in [-0.4, -0.2) is 47.3 Å². The van der Waals surface area contributed by atoms with Crippen molar-refractivity contribution in [1.29, 1.82) is 0 Å². The standard InChI is InChI=1S/C16H21FO4.C8H5FO4/c1-3-5-10-20-15(18)12-8-7-9-13(17)14(12)16(19)21-11-6-4-2;9-4-1-2-5(7(10)11)6(3-4)8(12)13/h7-9H,3-6,10-11H2,1-2H3;1-3H,(H,10,11)(H,12,13). The van der Waals surface area contributed by atoms with Crippen molar-refractivity contribution in [2.45, 2.75) is 39.5 Å². The predicted molar refractivity (Wildman–Crippen MR) is 117 cm³/mol. The molecule has 0 spiro atoms. The van der Waals surface area contributed by atoms with Crippen LogP contribution in [0.4, 0.5) is 8.78 Å². The van der Waals surface area contributed by atoms with Gasteiger partial charge in [-0.1, -0.05) is 32.8 Å². The highest BCUT2D eigenvalue weighted by Crippen LogP contribution is 2.17. The van der Waals surface area contributed by atoms with Crippen molar-refractivity contribution < 1.29 is 47.6 Å². The molecule has 8 nitrogen and oxygen atoms in total. The Balaban J connectivity index is 0.000000380. The van der Waals surface area contributed by atoms with Crippen LogP contribution in [0.1, 0.15) is 81.0 Å². The second-order valence-corrected chi connectivity index (χ2v) is 6.94. The lowest BCUT2D eigenvalue weighted by Crippen LogP contribution is -2.16. The van der Waals surface area contributed by atoms with Gasteiger partial charge in [-0.15, -0.1) is 0 Å². The van der Waals surface area contributed by atoms with Crippen molar-refractivity contribution in [3.63, 3.8) is 0 Å². The van der Waals surface area contributed by atoms with Gasteiger partial charge in [0.05, 0.1) is 29.9 Å². The fourth-order valence-electron chi connectivity index (χ4n) is 2.55. The first-order valence-corrected chi connectivity index (χ1v) is 10.5. The van der Waals surface area contributed by atoms with Gasteiger partial charge >= 0.3 is 23.9 Å². The van der Waals surface area contributed by atoms with Crippen molar-refractivity contribution in [3.8, 4) is 0 Å². The van der Waals surface area contributed by atoms with Crippen LogP contribution in [0.5, 0.6) is 0 Å². The van der Waals surface area contributed by atoms with E-state index < -0.39 is 46.6 Å². The van der Waals surface area contributed by atoms with Crippen molar-refractivity contribution in [2.24, 2.45) is 0 Å². The smallest absolute Gasteiger partial charge is 0.342 e. The maximum absolute atomic E-state index is 13.8. The molecule has 0 amide bonds. The van der Waals surface area contributed by atoms with Gasteiger partial charge in [-0.25, -0.2) is 28.0 Å². The number of carboxylic acid groups (broad SMARTS) is 2. The van der Waals surface area contributed by atoms with Crippen molar-refractivity contribution in [1.82, 2.24) is 0 Å². The fourth-order valence-corrected chi connectivity index (χ4v) is 2.55. The molecule has 0 radical (unpaired) electrons. The number of benzene rings is 2. The van der Waals surface area contributed by atoms with Gasteiger partial charge < -0.3 is 19.7 Å². The molecule has 10 heteroatoms. The lowest BCUT2D eigenvalue weighted by Gasteiger charge is -2.10. The molecule has 0 heterocycles. The Kier molecular flexibility index (Phi) is 11.9. The summed E-state index contributed by atoms with van der Waals surface area (Å²) in [5, 5.41) is 17.0. The summed E-state index contributed by atoms with van der Waals surface area (Å²) in [6.07, 6.45) is 3.15. The molecule has 34 heavy (non-hydrogen) atoms. The Bertz CT molecular complexity index is 1020. The summed E-state index contributed by atoms with van der Waals surface area (Å²) >= 11 is 0. The van der Waals surface area contributed by atoms with E-state index >= 15 is 0 Å². The van der Waals surface area contributed by atoms with Gasteiger partial charge in [0.1, 0.15) is 17.2 Å². The molecule has 0 unspecified atom stereocenters. The first-order chi connectivity index (χ1) is 16.1. The van der Waals surface area contributed by atoms with Gasteiger partial charge in [-0.2, -0.15) is 0 Å². The molecule has 0 saturated carbocycles. The SMILES string of the molecule is CCCCOC(=O)c1cccc(F)c1C(=O)OCCCC.O=C(O)c1ccc(F)cc1C(=O)O. The van der Waals surface area contributed by atoms with Gasteiger partial charge in [0.15, 0.2) is 0 Å². The van der Waals surface area contributed by atoms with Gasteiger partial charge in [0, 0.05) is 0 Å². The Morgan fingerprint density at radius 3 is 1.85 bits per heavy atom. The van der Waals surface area contributed by atoms with E-state index in [1.807, 2.05) is 13.8 Å². The topological polar surface area (TPSA) is 127 Å². The van der Waals surface area contributed by atoms with E-state index in [1.54, 1.807) is 0 Å². The third kappa shape index (κ3) is 8.61. The number of halogens is 2. The molecule has 0 bridgehead atoms. The number of ether oxygens (including phenoxy) is 2. The normalized spacial score (nSPS) is 10.0. The second kappa shape index (κ2) is 14.4. The first-order valence-electron chi connectivity index (χ1n) is 10.5. The summed E-state index contributed by atoms with van der Waals surface area (Å²) in [7, 11) is 0. The maximum Gasteiger partial charge on any atom is 0.342 e. The highest BCUT2D eigenvalue weighted by molar-refractivity contribution is 6.03. The molecule has 0 aromatic heterocycles. The van der Waals surface area contributed by atoms with Crippen molar-refractivity contribution in [2.75, 3.05) is 13.2 Å². The van der Waals surface area contributed by atoms with Gasteiger partial charge in [0.25, 0.3) is 0 Å². The Hall–Kier alpha value is -3.82. The molecule has 0 aliphatic rings. The summed E-state index contributed by atoms with van der Waals surface area (Å²) < 4.78 is 36.4. The van der Waals surface area contributed by atoms with Gasteiger partial charge in [-0.05, 0) is 43.2 Å². The third-order valence-corrected chi connectivity index (χ3v) is 4.34. The first kappa shape index (κ1) is 28.2. The summed E-state index contributed by atoms with van der Waals surface area (Å²) in [6.45, 7) is 4.37. The number of hydrogen-bond donors (Lipinski definition) is 2. The van der Waals surface area contributed by atoms with Crippen LogP contribution < -0.4 is 0 Å². The molecule has 2 aromatic carbocycles. The molecule has 2 N–H and O–H groups in total. The molecule has 0 atom stereocenters. The van der Waals surface area contributed by atoms with E-state index in [2.05, 4.69) is 0 Å². The zero-order valence-corrected chi connectivity index (χ0v) is 18.8. The monoisotopic (exact) mass is 480 g/mol. The number of carboxylic acids is 2. The van der Waals surface area contributed by atoms with Crippen LogP contribution in [0.3, 0.4) is 0 Å². The second-order valence-electron chi connectivity index (χ2n) is 6.94. The highest BCUT2D eigenvalue weighted by Gasteiger charge is 2.23. The molecule has 2 aromatic rings. The number of hydrogen-bond acceptors (Lipinski definition) is 6. The maximum atomic E-state index is 13.8. The van der Waals surface area contributed by atoms with E-state index in [0.717, 1.165) is 37.5 Å². The Morgan fingerprint density at radius 1 is 0.765 bits per heavy atom. The van der Waals surface area contributed by atoms with Gasteiger partial charge in [0.2, 0.25) is 0 Å². The lowest BCUT2D eigenvalue weighted by atomic mass is 10.1. The van der Waals surface area contributed by atoms with Crippen LogP contribution in [0.15, 0.2) is 36.4 Å². The minimum Gasteiger partial charge on any atom is -0.478 e. The number of carbonyl (C=O) groups excluding carboxylic acids is 2. The van der Waals surface area contributed by atoms with Crippen molar-refractivity contribution in [3.05, 3.63) is 70.3 Å².